The number of rotatable bonds is 5. The van der Waals surface area contributed by atoms with Crippen molar-refractivity contribution < 1.29 is 14.9 Å². The van der Waals surface area contributed by atoms with E-state index in [1.54, 1.807) is 0 Å². The Hall–Kier alpha value is -0.570. The SMILES string of the molecule is CCC(CCCC(C)(C)C)C(=O)OO. The van der Waals surface area contributed by atoms with Crippen molar-refractivity contribution >= 4 is 5.97 Å². The Balaban J connectivity index is 3.80. The number of hydrogen-bond acceptors (Lipinski definition) is 3. The molecule has 1 unspecified atom stereocenters. The molecular weight excluding hydrogens is 180 g/mol. The molecule has 1 atom stereocenters. The van der Waals surface area contributed by atoms with Gasteiger partial charge < -0.3 is 4.89 Å². The summed E-state index contributed by atoms with van der Waals surface area (Å²) >= 11 is 0. The van der Waals surface area contributed by atoms with Crippen LogP contribution < -0.4 is 0 Å². The van der Waals surface area contributed by atoms with E-state index in [9.17, 15) is 4.79 Å². The second-order valence-corrected chi connectivity index (χ2v) is 4.97. The maximum absolute atomic E-state index is 11.0. The van der Waals surface area contributed by atoms with Crippen LogP contribution in [0.3, 0.4) is 0 Å². The second-order valence-electron chi connectivity index (χ2n) is 4.97. The fourth-order valence-corrected chi connectivity index (χ4v) is 1.44. The molecule has 0 aliphatic carbocycles. The minimum Gasteiger partial charge on any atom is -0.301 e. The van der Waals surface area contributed by atoms with Gasteiger partial charge in [-0.3, -0.25) is 0 Å². The minimum atomic E-state index is -0.499. The zero-order chi connectivity index (χ0) is 11.2. The van der Waals surface area contributed by atoms with Crippen molar-refractivity contribution in [3.63, 3.8) is 0 Å². The topological polar surface area (TPSA) is 46.5 Å². The van der Waals surface area contributed by atoms with Crippen LogP contribution in [-0.4, -0.2) is 11.2 Å². The molecule has 14 heavy (non-hydrogen) atoms. The highest BCUT2D eigenvalue weighted by Crippen LogP contribution is 2.24. The van der Waals surface area contributed by atoms with E-state index in [1.165, 1.54) is 0 Å². The van der Waals surface area contributed by atoms with E-state index in [1.807, 2.05) is 6.92 Å². The average molecular weight is 202 g/mol. The molecule has 0 aliphatic heterocycles. The Morgan fingerprint density at radius 2 is 2.00 bits per heavy atom. The molecule has 0 saturated carbocycles. The van der Waals surface area contributed by atoms with Gasteiger partial charge in [0.15, 0.2) is 0 Å². The van der Waals surface area contributed by atoms with E-state index in [0.29, 0.717) is 5.41 Å². The Labute approximate surface area is 86.4 Å². The van der Waals surface area contributed by atoms with Gasteiger partial charge in [-0.05, 0) is 24.7 Å². The fraction of sp³-hybridized carbons (Fsp3) is 0.909. The summed E-state index contributed by atoms with van der Waals surface area (Å²) in [6.45, 7) is 8.47. The molecule has 1 N–H and O–H groups in total. The van der Waals surface area contributed by atoms with E-state index < -0.39 is 5.97 Å². The third-order valence-corrected chi connectivity index (χ3v) is 2.40. The van der Waals surface area contributed by atoms with Crippen LogP contribution in [0.4, 0.5) is 0 Å². The van der Waals surface area contributed by atoms with Crippen molar-refractivity contribution in [1.29, 1.82) is 0 Å². The Morgan fingerprint density at radius 1 is 1.43 bits per heavy atom. The highest BCUT2D eigenvalue weighted by molar-refractivity contribution is 5.71. The molecule has 0 bridgehead atoms. The summed E-state index contributed by atoms with van der Waals surface area (Å²) in [7, 11) is 0. The maximum Gasteiger partial charge on any atom is 0.345 e. The van der Waals surface area contributed by atoms with Gasteiger partial charge >= 0.3 is 5.97 Å². The number of hydrogen-bond donors (Lipinski definition) is 1. The van der Waals surface area contributed by atoms with Crippen molar-refractivity contribution in [1.82, 2.24) is 0 Å². The summed E-state index contributed by atoms with van der Waals surface area (Å²) in [6, 6.07) is 0. The summed E-state index contributed by atoms with van der Waals surface area (Å²) in [4.78, 5) is 14.8. The molecule has 0 rings (SSSR count). The van der Waals surface area contributed by atoms with Gasteiger partial charge in [-0.1, -0.05) is 34.1 Å². The van der Waals surface area contributed by atoms with Crippen LogP contribution in [0.25, 0.3) is 0 Å². The lowest BCUT2D eigenvalue weighted by Gasteiger charge is -2.19. The van der Waals surface area contributed by atoms with E-state index in [4.69, 9.17) is 5.26 Å². The van der Waals surface area contributed by atoms with Crippen molar-refractivity contribution in [3.8, 4) is 0 Å². The summed E-state index contributed by atoms with van der Waals surface area (Å²) in [6.07, 6.45) is 3.61. The van der Waals surface area contributed by atoms with Gasteiger partial charge in [0.05, 0.1) is 5.92 Å². The summed E-state index contributed by atoms with van der Waals surface area (Å²) in [5.41, 5.74) is 0.307. The molecule has 0 spiro atoms. The van der Waals surface area contributed by atoms with Crippen LogP contribution in [-0.2, 0) is 9.68 Å². The molecule has 0 aliphatic rings. The molecular formula is C11H22O3. The first-order valence-corrected chi connectivity index (χ1v) is 5.26. The highest BCUT2D eigenvalue weighted by Gasteiger charge is 2.19. The van der Waals surface area contributed by atoms with Gasteiger partial charge in [0.25, 0.3) is 0 Å². The summed E-state index contributed by atoms with van der Waals surface area (Å²) < 4.78 is 0. The van der Waals surface area contributed by atoms with E-state index in [2.05, 4.69) is 25.7 Å². The van der Waals surface area contributed by atoms with Crippen molar-refractivity contribution in [3.05, 3.63) is 0 Å². The molecule has 0 aromatic carbocycles. The van der Waals surface area contributed by atoms with Gasteiger partial charge in [-0.2, -0.15) is 5.26 Å². The molecule has 84 valence electrons. The van der Waals surface area contributed by atoms with Crippen molar-refractivity contribution in [2.75, 3.05) is 0 Å². The summed E-state index contributed by atoms with van der Waals surface area (Å²) in [5.74, 6) is -0.649. The summed E-state index contributed by atoms with van der Waals surface area (Å²) in [5, 5.41) is 8.25. The van der Waals surface area contributed by atoms with E-state index in [0.717, 1.165) is 25.7 Å². The fourth-order valence-electron chi connectivity index (χ4n) is 1.44. The minimum absolute atomic E-state index is 0.151. The first-order chi connectivity index (χ1) is 6.40. The largest absolute Gasteiger partial charge is 0.345 e. The lowest BCUT2D eigenvalue weighted by Crippen LogP contribution is -2.16. The predicted octanol–water partition coefficient (Wildman–Crippen LogP) is 3.25. The molecule has 0 aromatic heterocycles. The van der Waals surface area contributed by atoms with Crippen LogP contribution in [0.1, 0.15) is 53.4 Å². The standard InChI is InChI=1S/C11H22O3/c1-5-9(10(12)14-13)7-6-8-11(2,3)4/h9,13H,5-8H2,1-4H3. The monoisotopic (exact) mass is 202 g/mol. The Morgan fingerprint density at radius 3 is 2.36 bits per heavy atom. The third-order valence-electron chi connectivity index (χ3n) is 2.40. The lowest BCUT2D eigenvalue weighted by molar-refractivity contribution is -0.239. The van der Waals surface area contributed by atoms with Gasteiger partial charge in [0.1, 0.15) is 0 Å². The molecule has 0 heterocycles. The third kappa shape index (κ3) is 5.97. The molecule has 3 nitrogen and oxygen atoms in total. The quantitative estimate of drug-likeness (QED) is 0.550. The molecule has 0 radical (unpaired) electrons. The van der Waals surface area contributed by atoms with Crippen molar-refractivity contribution in [2.24, 2.45) is 11.3 Å². The highest BCUT2D eigenvalue weighted by atomic mass is 17.1. The van der Waals surface area contributed by atoms with Crippen LogP contribution in [0, 0.1) is 11.3 Å². The van der Waals surface area contributed by atoms with Gasteiger partial charge in [-0.25, -0.2) is 4.79 Å². The normalized spacial score (nSPS) is 13.8. The maximum atomic E-state index is 11.0. The molecule has 0 amide bonds. The van der Waals surface area contributed by atoms with Gasteiger partial charge in [0, 0.05) is 0 Å². The van der Waals surface area contributed by atoms with Crippen LogP contribution in [0.15, 0.2) is 0 Å². The smallest absolute Gasteiger partial charge is 0.301 e. The molecule has 0 saturated heterocycles. The Bertz CT molecular complexity index is 170. The predicted molar refractivity (Wildman–Crippen MR) is 55.8 cm³/mol. The number of carbonyl (C=O) groups is 1. The average Bonchev–Trinajstić information content (AvgIpc) is 2.09. The first kappa shape index (κ1) is 13.4. The van der Waals surface area contributed by atoms with Crippen LogP contribution in [0.2, 0.25) is 0 Å². The Kier molecular flexibility index (Phi) is 5.77. The zero-order valence-electron chi connectivity index (χ0n) is 9.67. The van der Waals surface area contributed by atoms with E-state index in [-0.39, 0.29) is 5.92 Å². The molecule has 3 heteroatoms. The molecule has 0 fully saturated rings. The van der Waals surface area contributed by atoms with Crippen molar-refractivity contribution in [2.45, 2.75) is 53.4 Å². The lowest BCUT2D eigenvalue weighted by atomic mass is 9.87. The second kappa shape index (κ2) is 6.02. The number of carbonyl (C=O) groups excluding carboxylic acids is 1. The van der Waals surface area contributed by atoms with Gasteiger partial charge in [0.2, 0.25) is 0 Å². The molecule has 0 aromatic rings. The van der Waals surface area contributed by atoms with Crippen LogP contribution in [0.5, 0.6) is 0 Å². The first-order valence-electron chi connectivity index (χ1n) is 5.26. The van der Waals surface area contributed by atoms with Crippen LogP contribution >= 0.6 is 0 Å². The van der Waals surface area contributed by atoms with E-state index >= 15 is 0 Å². The zero-order valence-corrected chi connectivity index (χ0v) is 9.67. The van der Waals surface area contributed by atoms with Gasteiger partial charge in [-0.15, -0.1) is 0 Å².